The molecule has 0 unspecified atom stereocenters. The minimum atomic E-state index is -0.449. The van der Waals surface area contributed by atoms with E-state index < -0.39 is 5.97 Å². The van der Waals surface area contributed by atoms with E-state index in [9.17, 15) is 4.79 Å². The molecule has 0 N–H and O–H groups in total. The quantitative estimate of drug-likeness (QED) is 0.629. The number of aryl methyl sites for hydroxylation is 2. The van der Waals surface area contributed by atoms with E-state index in [1.807, 2.05) is 49.6 Å². The number of nitrogens with zero attached hydrogens (tertiary/aromatic N) is 1. The predicted molar refractivity (Wildman–Crippen MR) is 91.0 cm³/mol. The van der Waals surface area contributed by atoms with Crippen molar-refractivity contribution < 1.29 is 18.7 Å². The molecule has 0 spiro atoms. The van der Waals surface area contributed by atoms with Crippen LogP contribution in [0.5, 0.6) is 5.75 Å². The molecule has 24 heavy (non-hydrogen) atoms. The van der Waals surface area contributed by atoms with Crippen molar-refractivity contribution in [1.82, 2.24) is 4.98 Å². The van der Waals surface area contributed by atoms with Gasteiger partial charge in [-0.05, 0) is 48.6 Å². The van der Waals surface area contributed by atoms with Gasteiger partial charge in [-0.15, -0.1) is 11.3 Å². The lowest BCUT2D eigenvalue weighted by Gasteiger charge is -2.07. The number of hydrogen-bond donors (Lipinski definition) is 0. The van der Waals surface area contributed by atoms with Gasteiger partial charge in [0.2, 0.25) is 5.89 Å². The van der Waals surface area contributed by atoms with Gasteiger partial charge in [0, 0.05) is 0 Å². The number of ether oxygens (including phenoxy) is 2. The average molecular weight is 343 g/mol. The normalized spacial score (nSPS) is 10.6. The Morgan fingerprint density at radius 2 is 2.04 bits per heavy atom. The van der Waals surface area contributed by atoms with E-state index in [-0.39, 0.29) is 13.2 Å². The predicted octanol–water partition coefficient (Wildman–Crippen LogP) is 4.14. The largest absolute Gasteiger partial charge is 0.482 e. The molecular formula is C18H17NO4S. The fourth-order valence-corrected chi connectivity index (χ4v) is 2.90. The number of esters is 1. The molecule has 0 aliphatic carbocycles. The van der Waals surface area contributed by atoms with Crippen molar-refractivity contribution in [3.05, 3.63) is 58.8 Å². The van der Waals surface area contributed by atoms with E-state index in [0.29, 0.717) is 17.3 Å². The summed E-state index contributed by atoms with van der Waals surface area (Å²) in [6, 6.07) is 9.65. The lowest BCUT2D eigenvalue weighted by molar-refractivity contribution is -0.147. The highest BCUT2D eigenvalue weighted by atomic mass is 32.1. The second-order valence-corrected chi connectivity index (χ2v) is 6.34. The Hall–Kier alpha value is -2.60. The van der Waals surface area contributed by atoms with Crippen molar-refractivity contribution in [2.75, 3.05) is 6.61 Å². The van der Waals surface area contributed by atoms with Crippen LogP contribution in [0.3, 0.4) is 0 Å². The van der Waals surface area contributed by atoms with Gasteiger partial charge < -0.3 is 13.9 Å². The number of oxazole rings is 1. The van der Waals surface area contributed by atoms with Gasteiger partial charge in [0.25, 0.3) is 0 Å². The molecule has 0 aliphatic heterocycles. The molecule has 6 heteroatoms. The number of aromatic nitrogens is 1. The standard InChI is InChI=1S/C18H17NO4S/c1-12-6-13(2)8-15(7-12)21-11-17(20)22-9-14-10-23-18(19-14)16-4-3-5-24-16/h3-8,10H,9,11H2,1-2H3. The minimum Gasteiger partial charge on any atom is -0.482 e. The zero-order valence-electron chi connectivity index (χ0n) is 13.4. The summed E-state index contributed by atoms with van der Waals surface area (Å²) in [5, 5.41) is 1.95. The van der Waals surface area contributed by atoms with Crippen molar-refractivity contribution in [2.24, 2.45) is 0 Å². The van der Waals surface area contributed by atoms with Crippen LogP contribution in [0.2, 0.25) is 0 Å². The number of benzene rings is 1. The van der Waals surface area contributed by atoms with Gasteiger partial charge in [-0.25, -0.2) is 9.78 Å². The van der Waals surface area contributed by atoms with Gasteiger partial charge in [0.15, 0.2) is 6.61 Å². The van der Waals surface area contributed by atoms with Crippen molar-refractivity contribution >= 4 is 17.3 Å². The molecule has 0 radical (unpaired) electrons. The lowest BCUT2D eigenvalue weighted by Crippen LogP contribution is -2.15. The lowest BCUT2D eigenvalue weighted by atomic mass is 10.1. The first-order valence-corrected chi connectivity index (χ1v) is 8.33. The van der Waals surface area contributed by atoms with Gasteiger partial charge in [0.05, 0.1) is 4.88 Å². The van der Waals surface area contributed by atoms with Gasteiger partial charge in [0.1, 0.15) is 24.3 Å². The Balaban J connectivity index is 1.49. The number of carbonyl (C=O) groups is 1. The summed E-state index contributed by atoms with van der Waals surface area (Å²) >= 11 is 1.54. The fraction of sp³-hybridized carbons (Fsp3) is 0.222. The first-order chi connectivity index (χ1) is 11.6. The third kappa shape index (κ3) is 4.23. The van der Waals surface area contributed by atoms with Crippen LogP contribution in [0.25, 0.3) is 10.8 Å². The molecule has 0 fully saturated rings. The summed E-state index contributed by atoms with van der Waals surface area (Å²) in [5.41, 5.74) is 2.74. The van der Waals surface area contributed by atoms with Crippen LogP contribution in [0.15, 0.2) is 46.4 Å². The Morgan fingerprint density at radius 1 is 1.25 bits per heavy atom. The molecule has 5 nitrogen and oxygen atoms in total. The first kappa shape index (κ1) is 16.3. The molecule has 1 aromatic carbocycles. The molecule has 3 aromatic rings. The smallest absolute Gasteiger partial charge is 0.344 e. The Labute approximate surface area is 143 Å². The molecule has 0 saturated heterocycles. The second kappa shape index (κ2) is 7.31. The SMILES string of the molecule is Cc1cc(C)cc(OCC(=O)OCc2coc(-c3cccs3)n2)c1. The third-order valence-corrected chi connectivity index (χ3v) is 4.07. The van der Waals surface area contributed by atoms with Crippen LogP contribution < -0.4 is 4.74 Å². The van der Waals surface area contributed by atoms with Crippen LogP contribution in [0.1, 0.15) is 16.8 Å². The molecule has 2 aromatic heterocycles. The number of hydrogen-bond acceptors (Lipinski definition) is 6. The van der Waals surface area contributed by atoms with E-state index in [1.54, 1.807) is 0 Å². The molecule has 3 rings (SSSR count). The van der Waals surface area contributed by atoms with E-state index in [4.69, 9.17) is 13.9 Å². The molecule has 0 saturated carbocycles. The highest BCUT2D eigenvalue weighted by Gasteiger charge is 2.10. The molecule has 0 aliphatic rings. The Kier molecular flexibility index (Phi) is 4.96. The molecule has 0 bridgehead atoms. The minimum absolute atomic E-state index is 0.0594. The molecule has 0 amide bonds. The van der Waals surface area contributed by atoms with Crippen LogP contribution >= 0.6 is 11.3 Å². The van der Waals surface area contributed by atoms with Crippen LogP contribution in [-0.2, 0) is 16.1 Å². The summed E-state index contributed by atoms with van der Waals surface area (Å²) in [5.74, 6) is 0.739. The van der Waals surface area contributed by atoms with Crippen LogP contribution in [-0.4, -0.2) is 17.6 Å². The van der Waals surface area contributed by atoms with Gasteiger partial charge in [-0.1, -0.05) is 12.1 Å². The number of thiophene rings is 1. The maximum Gasteiger partial charge on any atom is 0.344 e. The van der Waals surface area contributed by atoms with E-state index >= 15 is 0 Å². The van der Waals surface area contributed by atoms with Crippen molar-refractivity contribution in [3.63, 3.8) is 0 Å². The van der Waals surface area contributed by atoms with Crippen molar-refractivity contribution in [1.29, 1.82) is 0 Å². The third-order valence-electron chi connectivity index (χ3n) is 3.22. The zero-order chi connectivity index (χ0) is 16.9. The van der Waals surface area contributed by atoms with Gasteiger partial charge in [-0.2, -0.15) is 0 Å². The summed E-state index contributed by atoms with van der Waals surface area (Å²) in [4.78, 5) is 17.0. The highest BCUT2D eigenvalue weighted by Crippen LogP contribution is 2.23. The number of rotatable bonds is 6. The van der Waals surface area contributed by atoms with Crippen molar-refractivity contribution in [2.45, 2.75) is 20.5 Å². The highest BCUT2D eigenvalue weighted by molar-refractivity contribution is 7.13. The topological polar surface area (TPSA) is 61.6 Å². The zero-order valence-corrected chi connectivity index (χ0v) is 14.3. The maximum absolute atomic E-state index is 11.8. The Morgan fingerprint density at radius 3 is 2.75 bits per heavy atom. The van der Waals surface area contributed by atoms with Gasteiger partial charge in [-0.3, -0.25) is 0 Å². The monoisotopic (exact) mass is 343 g/mol. The number of carbonyl (C=O) groups excluding carboxylic acids is 1. The van der Waals surface area contributed by atoms with E-state index in [0.717, 1.165) is 16.0 Å². The van der Waals surface area contributed by atoms with Crippen LogP contribution in [0.4, 0.5) is 0 Å². The van der Waals surface area contributed by atoms with Crippen LogP contribution in [0, 0.1) is 13.8 Å². The maximum atomic E-state index is 11.8. The molecular weight excluding hydrogens is 326 g/mol. The molecule has 124 valence electrons. The molecule has 2 heterocycles. The summed E-state index contributed by atoms with van der Waals surface area (Å²) < 4.78 is 16.0. The summed E-state index contributed by atoms with van der Waals surface area (Å²) in [6.45, 7) is 3.88. The first-order valence-electron chi connectivity index (χ1n) is 7.45. The Bertz CT molecular complexity index is 803. The average Bonchev–Trinajstić information content (AvgIpc) is 3.20. The second-order valence-electron chi connectivity index (χ2n) is 5.39. The molecule has 0 atom stereocenters. The van der Waals surface area contributed by atoms with Crippen molar-refractivity contribution in [3.8, 4) is 16.5 Å². The van der Waals surface area contributed by atoms with E-state index in [2.05, 4.69) is 4.98 Å². The summed E-state index contributed by atoms with van der Waals surface area (Å²) in [6.07, 6.45) is 1.49. The fourth-order valence-electron chi connectivity index (χ4n) is 2.24. The van der Waals surface area contributed by atoms with Gasteiger partial charge >= 0.3 is 5.97 Å². The summed E-state index contributed by atoms with van der Waals surface area (Å²) in [7, 11) is 0. The van der Waals surface area contributed by atoms with E-state index in [1.165, 1.54) is 17.6 Å².